The van der Waals surface area contributed by atoms with Crippen LogP contribution in [-0.4, -0.2) is 70.4 Å². The number of nitrogens with zero attached hydrogens (tertiary/aromatic N) is 6. The summed E-state index contributed by atoms with van der Waals surface area (Å²) in [5, 5.41) is 11.7. The van der Waals surface area contributed by atoms with Gasteiger partial charge in [0.2, 0.25) is 5.91 Å². The van der Waals surface area contributed by atoms with Gasteiger partial charge in [-0.25, -0.2) is 9.97 Å². The minimum Gasteiger partial charge on any atom is -0.492 e. The van der Waals surface area contributed by atoms with E-state index in [1.807, 2.05) is 62.2 Å². The van der Waals surface area contributed by atoms with Crippen molar-refractivity contribution in [2.75, 3.05) is 49.3 Å². The van der Waals surface area contributed by atoms with Crippen molar-refractivity contribution in [2.24, 2.45) is 7.05 Å². The molecule has 0 spiro atoms. The molecule has 0 aliphatic carbocycles. The Kier molecular flexibility index (Phi) is 9.00. The lowest BCUT2D eigenvalue weighted by Crippen LogP contribution is -2.35. The minimum atomic E-state index is -0.292. The summed E-state index contributed by atoms with van der Waals surface area (Å²) in [7, 11) is 6.03. The molecule has 0 bridgehead atoms. The first-order chi connectivity index (χ1) is 19.2. The van der Waals surface area contributed by atoms with E-state index in [0.29, 0.717) is 35.6 Å². The van der Waals surface area contributed by atoms with Gasteiger partial charge in [-0.2, -0.15) is 5.10 Å². The van der Waals surface area contributed by atoms with E-state index in [9.17, 15) is 4.79 Å². The summed E-state index contributed by atoms with van der Waals surface area (Å²) in [5.74, 6) is 0.951. The second-order valence-electron chi connectivity index (χ2n) is 9.94. The van der Waals surface area contributed by atoms with Crippen LogP contribution in [-0.2, 0) is 11.8 Å². The quantitative estimate of drug-likeness (QED) is 0.239. The number of amides is 1. The molecule has 2 aromatic carbocycles. The van der Waals surface area contributed by atoms with Gasteiger partial charge in [0.15, 0.2) is 0 Å². The van der Waals surface area contributed by atoms with Crippen molar-refractivity contribution in [2.45, 2.75) is 26.8 Å². The van der Waals surface area contributed by atoms with Crippen molar-refractivity contribution in [1.82, 2.24) is 24.6 Å². The van der Waals surface area contributed by atoms with Crippen LogP contribution in [0.5, 0.6) is 5.75 Å². The lowest BCUT2D eigenvalue weighted by molar-refractivity contribution is -0.111. The Balaban J connectivity index is 1.67. The van der Waals surface area contributed by atoms with Crippen LogP contribution in [0.25, 0.3) is 22.2 Å². The summed E-state index contributed by atoms with van der Waals surface area (Å²) in [4.78, 5) is 25.7. The van der Waals surface area contributed by atoms with Gasteiger partial charge in [-0.1, -0.05) is 12.6 Å². The number of rotatable bonds is 12. The Morgan fingerprint density at radius 2 is 1.93 bits per heavy atom. The second-order valence-corrected chi connectivity index (χ2v) is 9.94. The van der Waals surface area contributed by atoms with Crippen LogP contribution in [0.3, 0.4) is 0 Å². The predicted molar refractivity (Wildman–Crippen MR) is 162 cm³/mol. The molecule has 0 aliphatic heterocycles. The Labute approximate surface area is 235 Å². The average molecular weight is 543 g/mol. The van der Waals surface area contributed by atoms with Crippen molar-refractivity contribution in [3.8, 4) is 17.0 Å². The molecule has 0 saturated heterocycles. The summed E-state index contributed by atoms with van der Waals surface area (Å²) in [6, 6.07) is 12.2. The first-order valence-corrected chi connectivity index (χ1v) is 13.4. The molecule has 0 radical (unpaired) electrons. The average Bonchev–Trinajstić information content (AvgIpc) is 3.32. The maximum atomic E-state index is 12.4. The summed E-state index contributed by atoms with van der Waals surface area (Å²) >= 11 is 0. The van der Waals surface area contributed by atoms with Gasteiger partial charge in [0.25, 0.3) is 0 Å². The number of carbonyl (C=O) groups is 1. The van der Waals surface area contributed by atoms with Crippen LogP contribution < -0.4 is 20.3 Å². The number of aryl methyl sites for hydroxylation is 1. The third-order valence-corrected chi connectivity index (χ3v) is 6.89. The van der Waals surface area contributed by atoms with E-state index in [1.54, 1.807) is 0 Å². The van der Waals surface area contributed by atoms with Gasteiger partial charge >= 0.3 is 0 Å². The molecule has 40 heavy (non-hydrogen) atoms. The number of carbonyl (C=O) groups excluding carboxylic acids is 1. The monoisotopic (exact) mass is 542 g/mol. The number of benzene rings is 2. The molecule has 4 rings (SSSR count). The molecule has 2 aromatic heterocycles. The fourth-order valence-corrected chi connectivity index (χ4v) is 4.27. The summed E-state index contributed by atoms with van der Waals surface area (Å²) in [6.45, 7) is 12.0. The van der Waals surface area contributed by atoms with Crippen molar-refractivity contribution >= 4 is 39.7 Å². The first-order valence-electron chi connectivity index (χ1n) is 13.4. The van der Waals surface area contributed by atoms with Gasteiger partial charge in [-0.3, -0.25) is 9.48 Å². The highest BCUT2D eigenvalue weighted by Crippen LogP contribution is 2.38. The molecule has 0 fully saturated rings. The van der Waals surface area contributed by atoms with Crippen molar-refractivity contribution < 1.29 is 9.53 Å². The van der Waals surface area contributed by atoms with E-state index in [4.69, 9.17) is 4.74 Å². The van der Waals surface area contributed by atoms with Crippen LogP contribution in [0.15, 0.2) is 61.6 Å². The van der Waals surface area contributed by atoms with E-state index in [1.165, 1.54) is 12.4 Å². The van der Waals surface area contributed by atoms with Gasteiger partial charge in [-0.05, 0) is 52.1 Å². The normalized spacial score (nSPS) is 11.2. The molecule has 0 unspecified atom stereocenters. The molecule has 0 aliphatic rings. The van der Waals surface area contributed by atoms with Crippen LogP contribution in [0.2, 0.25) is 0 Å². The smallest absolute Gasteiger partial charge is 0.247 e. The maximum Gasteiger partial charge on any atom is 0.247 e. The maximum absolute atomic E-state index is 12.4. The van der Waals surface area contributed by atoms with Gasteiger partial charge in [0.1, 0.15) is 17.9 Å². The van der Waals surface area contributed by atoms with Gasteiger partial charge in [-0.15, -0.1) is 0 Å². The van der Waals surface area contributed by atoms with Crippen molar-refractivity contribution in [1.29, 1.82) is 0 Å². The third-order valence-electron chi connectivity index (χ3n) is 6.89. The van der Waals surface area contributed by atoms with E-state index in [-0.39, 0.29) is 5.91 Å². The molecule has 2 N–H and O–H groups in total. The van der Waals surface area contributed by atoms with Gasteiger partial charge < -0.3 is 25.2 Å². The van der Waals surface area contributed by atoms with Gasteiger partial charge in [0.05, 0.1) is 41.1 Å². The van der Waals surface area contributed by atoms with E-state index >= 15 is 0 Å². The van der Waals surface area contributed by atoms with Crippen LogP contribution in [0, 0.1) is 0 Å². The zero-order valence-corrected chi connectivity index (χ0v) is 24.1. The van der Waals surface area contributed by atoms with Crippen LogP contribution >= 0.6 is 0 Å². The number of likely N-dealkylation sites (N-methyl/N-ethyl adjacent to an activating group) is 2. The zero-order chi connectivity index (χ0) is 28.8. The SMILES string of the molecule is C=CC(=O)Nc1cc(Nc2cc(-c3ccc4c(cnn4C)c3)ncn2)c(OCC)cc1N(C)CCN(C)C(C)C. The molecule has 2 heterocycles. The number of ether oxygens (including phenoxy) is 1. The number of aromatic nitrogens is 4. The molecule has 1 amide bonds. The summed E-state index contributed by atoms with van der Waals surface area (Å²) < 4.78 is 7.87. The lowest BCUT2D eigenvalue weighted by atomic mass is 10.1. The second kappa shape index (κ2) is 12.6. The number of hydrogen-bond acceptors (Lipinski definition) is 8. The Morgan fingerprint density at radius 3 is 2.65 bits per heavy atom. The Bertz CT molecular complexity index is 1500. The largest absolute Gasteiger partial charge is 0.492 e. The Morgan fingerprint density at radius 1 is 1.12 bits per heavy atom. The van der Waals surface area contributed by atoms with Crippen LogP contribution in [0.1, 0.15) is 20.8 Å². The number of nitrogens with one attached hydrogen (secondary N) is 2. The third kappa shape index (κ3) is 6.58. The first kappa shape index (κ1) is 28.6. The zero-order valence-electron chi connectivity index (χ0n) is 24.1. The molecule has 10 nitrogen and oxygen atoms in total. The highest BCUT2D eigenvalue weighted by atomic mass is 16.5. The topological polar surface area (TPSA) is 100 Å². The molecule has 210 valence electrons. The molecule has 0 atom stereocenters. The molecule has 0 saturated carbocycles. The van der Waals surface area contributed by atoms with E-state index in [0.717, 1.165) is 40.9 Å². The summed E-state index contributed by atoms with van der Waals surface area (Å²) in [5.41, 5.74) is 4.93. The van der Waals surface area contributed by atoms with Gasteiger partial charge in [0, 0.05) is 56.3 Å². The fourth-order valence-electron chi connectivity index (χ4n) is 4.27. The highest BCUT2D eigenvalue weighted by molar-refractivity contribution is 6.02. The molecule has 10 heteroatoms. The van der Waals surface area contributed by atoms with E-state index < -0.39 is 0 Å². The van der Waals surface area contributed by atoms with E-state index in [2.05, 4.69) is 69.0 Å². The Hall–Kier alpha value is -4.44. The minimum absolute atomic E-state index is 0.292. The van der Waals surface area contributed by atoms with Crippen LogP contribution in [0.4, 0.5) is 22.9 Å². The molecular formula is C30H38N8O2. The van der Waals surface area contributed by atoms with Crippen molar-refractivity contribution in [3.05, 3.63) is 61.6 Å². The molecule has 4 aromatic rings. The number of hydrogen-bond donors (Lipinski definition) is 2. The number of fused-ring (bicyclic) bond motifs is 1. The fraction of sp³-hybridized carbons (Fsp3) is 0.333. The lowest BCUT2D eigenvalue weighted by Gasteiger charge is -2.28. The number of anilines is 4. The molecular weight excluding hydrogens is 504 g/mol. The standard InChI is InChI=1S/C30H38N8O2/c1-8-30(39)35-24-15-25(28(40-9-2)17-27(24)37(6)13-12-36(5)20(3)4)34-29-16-23(31-19-32-29)21-10-11-26-22(14-21)18-33-38(26)7/h8,10-11,14-20H,1,9,12-13H2,2-7H3,(H,35,39)(H,31,32,34). The highest BCUT2D eigenvalue weighted by Gasteiger charge is 2.17. The van der Waals surface area contributed by atoms with Crippen molar-refractivity contribution in [3.63, 3.8) is 0 Å². The predicted octanol–water partition coefficient (Wildman–Crippen LogP) is 5.07. The summed E-state index contributed by atoms with van der Waals surface area (Å²) in [6.07, 6.45) is 4.63.